The van der Waals surface area contributed by atoms with Gasteiger partial charge in [0.15, 0.2) is 0 Å². The number of benzene rings is 2. The predicted molar refractivity (Wildman–Crippen MR) is 96.1 cm³/mol. The molecule has 2 rings (SSSR count). The number of hydrogen-bond acceptors (Lipinski definition) is 3. The molecule has 3 N–H and O–H groups in total. The highest BCUT2D eigenvalue weighted by molar-refractivity contribution is 5.83. The number of rotatable bonds is 7. The van der Waals surface area contributed by atoms with E-state index in [9.17, 15) is 14.3 Å². The van der Waals surface area contributed by atoms with Crippen molar-refractivity contribution in [3.63, 3.8) is 0 Å². The second kappa shape index (κ2) is 8.74. The van der Waals surface area contributed by atoms with Gasteiger partial charge in [-0.15, -0.1) is 0 Å². The first-order valence-corrected chi connectivity index (χ1v) is 8.41. The SMILES string of the molecule is CC(C)CN(CC(O)c1ccc(F)cc1)C(=O)C(N)c1ccccc1. The molecule has 0 aromatic heterocycles. The minimum absolute atomic E-state index is 0.114. The van der Waals surface area contributed by atoms with Crippen LogP contribution < -0.4 is 5.73 Å². The number of nitrogens with zero attached hydrogens (tertiary/aromatic N) is 1. The van der Waals surface area contributed by atoms with Crippen molar-refractivity contribution >= 4 is 5.91 Å². The van der Waals surface area contributed by atoms with Crippen molar-refractivity contribution < 1.29 is 14.3 Å². The molecular formula is C20H25FN2O2. The number of carbonyl (C=O) groups is 1. The van der Waals surface area contributed by atoms with Gasteiger partial charge in [-0.1, -0.05) is 56.3 Å². The van der Waals surface area contributed by atoms with E-state index in [0.717, 1.165) is 5.56 Å². The Kier molecular flexibility index (Phi) is 6.67. The molecule has 0 aliphatic heterocycles. The number of halogens is 1. The maximum absolute atomic E-state index is 13.0. The van der Waals surface area contributed by atoms with Gasteiger partial charge in [-0.05, 0) is 29.2 Å². The summed E-state index contributed by atoms with van der Waals surface area (Å²) in [6.07, 6.45) is -0.897. The first-order valence-electron chi connectivity index (χ1n) is 8.41. The minimum atomic E-state index is -0.897. The van der Waals surface area contributed by atoms with Crippen molar-refractivity contribution in [2.45, 2.75) is 26.0 Å². The van der Waals surface area contributed by atoms with Gasteiger partial charge in [-0.3, -0.25) is 4.79 Å². The molecule has 0 spiro atoms. The van der Waals surface area contributed by atoms with Crippen LogP contribution in [0.1, 0.15) is 37.1 Å². The molecule has 2 unspecified atom stereocenters. The lowest BCUT2D eigenvalue weighted by molar-refractivity contribution is -0.134. The summed E-state index contributed by atoms with van der Waals surface area (Å²) < 4.78 is 13.0. The van der Waals surface area contributed by atoms with Crippen LogP contribution in [0.25, 0.3) is 0 Å². The molecule has 0 bridgehead atoms. The number of carbonyl (C=O) groups excluding carboxylic acids is 1. The van der Waals surface area contributed by atoms with Crippen molar-refractivity contribution in [2.75, 3.05) is 13.1 Å². The summed E-state index contributed by atoms with van der Waals surface area (Å²) in [5, 5.41) is 10.4. The van der Waals surface area contributed by atoms with Crippen molar-refractivity contribution in [2.24, 2.45) is 11.7 Å². The number of amides is 1. The minimum Gasteiger partial charge on any atom is -0.387 e. The van der Waals surface area contributed by atoms with E-state index in [1.807, 2.05) is 44.2 Å². The number of nitrogens with two attached hydrogens (primary N) is 1. The lowest BCUT2D eigenvalue weighted by atomic mass is 10.0. The molecule has 0 heterocycles. The number of aliphatic hydroxyl groups is 1. The summed E-state index contributed by atoms with van der Waals surface area (Å²) in [6, 6.07) is 14.0. The maximum Gasteiger partial charge on any atom is 0.244 e. The normalized spacial score (nSPS) is 13.5. The monoisotopic (exact) mass is 344 g/mol. The largest absolute Gasteiger partial charge is 0.387 e. The average Bonchev–Trinajstić information content (AvgIpc) is 2.60. The third kappa shape index (κ3) is 5.37. The fourth-order valence-electron chi connectivity index (χ4n) is 2.69. The molecule has 0 aliphatic carbocycles. The van der Waals surface area contributed by atoms with Gasteiger partial charge in [-0.25, -0.2) is 4.39 Å². The Morgan fingerprint density at radius 2 is 1.64 bits per heavy atom. The standard InChI is InChI=1S/C20H25FN2O2/c1-14(2)12-23(13-18(24)15-8-10-17(21)11-9-15)20(25)19(22)16-6-4-3-5-7-16/h3-11,14,18-19,24H,12-13,22H2,1-2H3. The Labute approximate surface area is 148 Å². The van der Waals surface area contributed by atoms with E-state index in [2.05, 4.69) is 0 Å². The summed E-state index contributed by atoms with van der Waals surface area (Å²) in [7, 11) is 0. The lowest BCUT2D eigenvalue weighted by Gasteiger charge is -2.29. The van der Waals surface area contributed by atoms with Crippen LogP contribution in [-0.2, 0) is 4.79 Å². The molecular weight excluding hydrogens is 319 g/mol. The second-order valence-electron chi connectivity index (χ2n) is 6.59. The van der Waals surface area contributed by atoms with Crippen molar-refractivity contribution in [1.29, 1.82) is 0 Å². The average molecular weight is 344 g/mol. The summed E-state index contributed by atoms with van der Waals surface area (Å²) in [4.78, 5) is 14.4. The maximum atomic E-state index is 13.0. The van der Waals surface area contributed by atoms with Crippen LogP contribution in [-0.4, -0.2) is 29.0 Å². The zero-order chi connectivity index (χ0) is 18.4. The van der Waals surface area contributed by atoms with Gasteiger partial charge in [0.25, 0.3) is 0 Å². The van der Waals surface area contributed by atoms with Crippen LogP contribution in [0, 0.1) is 11.7 Å². The molecule has 0 saturated carbocycles. The summed E-state index contributed by atoms with van der Waals surface area (Å²) in [5.41, 5.74) is 7.43. The molecule has 2 aromatic carbocycles. The first kappa shape index (κ1) is 19.1. The van der Waals surface area contributed by atoms with Gasteiger partial charge in [0.05, 0.1) is 12.6 Å². The molecule has 4 nitrogen and oxygen atoms in total. The van der Waals surface area contributed by atoms with Crippen molar-refractivity contribution in [1.82, 2.24) is 4.90 Å². The Morgan fingerprint density at radius 1 is 1.04 bits per heavy atom. The quantitative estimate of drug-likeness (QED) is 0.811. The van der Waals surface area contributed by atoms with Gasteiger partial charge >= 0.3 is 0 Å². The topological polar surface area (TPSA) is 66.6 Å². The second-order valence-corrected chi connectivity index (χ2v) is 6.59. The lowest BCUT2D eigenvalue weighted by Crippen LogP contribution is -2.42. The van der Waals surface area contributed by atoms with E-state index in [0.29, 0.717) is 12.1 Å². The van der Waals surface area contributed by atoms with Crippen LogP contribution in [0.15, 0.2) is 54.6 Å². The fourth-order valence-corrected chi connectivity index (χ4v) is 2.69. The zero-order valence-corrected chi connectivity index (χ0v) is 14.6. The van der Waals surface area contributed by atoms with Crippen molar-refractivity contribution in [3.05, 3.63) is 71.5 Å². The smallest absolute Gasteiger partial charge is 0.244 e. The Balaban J connectivity index is 2.14. The Bertz CT molecular complexity index is 674. The van der Waals surface area contributed by atoms with Crippen LogP contribution in [0.2, 0.25) is 0 Å². The van der Waals surface area contributed by atoms with Gasteiger partial charge in [-0.2, -0.15) is 0 Å². The van der Waals surface area contributed by atoms with Gasteiger partial charge in [0.1, 0.15) is 11.9 Å². The fraction of sp³-hybridized carbons (Fsp3) is 0.350. The third-order valence-electron chi connectivity index (χ3n) is 3.97. The molecule has 1 amide bonds. The number of hydrogen-bond donors (Lipinski definition) is 2. The van der Waals surface area contributed by atoms with Gasteiger partial charge in [0, 0.05) is 6.54 Å². The molecule has 2 aromatic rings. The molecule has 2 atom stereocenters. The molecule has 0 aliphatic rings. The molecule has 0 saturated heterocycles. The van der Waals surface area contributed by atoms with Crippen LogP contribution >= 0.6 is 0 Å². The van der Waals surface area contributed by atoms with Crippen LogP contribution in [0.5, 0.6) is 0 Å². The van der Waals surface area contributed by atoms with Crippen LogP contribution in [0.4, 0.5) is 4.39 Å². The van der Waals surface area contributed by atoms with Gasteiger partial charge < -0.3 is 15.7 Å². The zero-order valence-electron chi connectivity index (χ0n) is 14.6. The third-order valence-corrected chi connectivity index (χ3v) is 3.97. The number of aliphatic hydroxyl groups excluding tert-OH is 1. The van der Waals surface area contributed by atoms with E-state index in [4.69, 9.17) is 5.73 Å². The molecule has 0 radical (unpaired) electrons. The van der Waals surface area contributed by atoms with E-state index >= 15 is 0 Å². The summed E-state index contributed by atoms with van der Waals surface area (Å²) in [6.45, 7) is 4.60. The summed E-state index contributed by atoms with van der Waals surface area (Å²) in [5.74, 6) is -0.370. The highest BCUT2D eigenvalue weighted by Crippen LogP contribution is 2.19. The Morgan fingerprint density at radius 3 is 2.20 bits per heavy atom. The van der Waals surface area contributed by atoms with E-state index in [1.165, 1.54) is 24.3 Å². The van der Waals surface area contributed by atoms with E-state index in [1.54, 1.807) is 4.90 Å². The summed E-state index contributed by atoms with van der Waals surface area (Å²) >= 11 is 0. The molecule has 0 fully saturated rings. The van der Waals surface area contributed by atoms with E-state index < -0.39 is 12.1 Å². The van der Waals surface area contributed by atoms with Crippen LogP contribution in [0.3, 0.4) is 0 Å². The molecule has 134 valence electrons. The molecule has 25 heavy (non-hydrogen) atoms. The van der Waals surface area contributed by atoms with Gasteiger partial charge in [0.2, 0.25) is 5.91 Å². The molecule has 5 heteroatoms. The van der Waals surface area contributed by atoms with E-state index in [-0.39, 0.29) is 24.2 Å². The first-order chi connectivity index (χ1) is 11.9. The van der Waals surface area contributed by atoms with Crippen molar-refractivity contribution in [3.8, 4) is 0 Å². The highest BCUT2D eigenvalue weighted by atomic mass is 19.1. The predicted octanol–water partition coefficient (Wildman–Crippen LogP) is 3.04. The highest BCUT2D eigenvalue weighted by Gasteiger charge is 2.25. The Hall–Kier alpha value is -2.24.